The Morgan fingerprint density at radius 1 is 1.35 bits per heavy atom. The van der Waals surface area contributed by atoms with Crippen molar-refractivity contribution < 1.29 is 22.5 Å². The van der Waals surface area contributed by atoms with Gasteiger partial charge in [-0.25, -0.2) is 0 Å². The van der Waals surface area contributed by atoms with Crippen LogP contribution in [0.5, 0.6) is 0 Å². The first kappa shape index (κ1) is 17.8. The van der Waals surface area contributed by atoms with Gasteiger partial charge in [0.15, 0.2) is 0 Å². The van der Waals surface area contributed by atoms with Crippen LogP contribution in [0.25, 0.3) is 0 Å². The molecular weight excluding hydrogens is 246 g/mol. The second-order valence-corrected chi connectivity index (χ2v) is 4.16. The van der Waals surface area contributed by atoms with Crippen LogP contribution < -0.4 is 5.73 Å². The Morgan fingerprint density at radius 3 is 1.88 bits per heavy atom. The van der Waals surface area contributed by atoms with Gasteiger partial charge in [-0.1, -0.05) is 18.2 Å². The minimum absolute atomic E-state index is 0.431. The molecule has 0 aromatic heterocycles. The fraction of sp³-hybridized carbons (Fsp3) is 0.300. The highest BCUT2D eigenvalue weighted by molar-refractivity contribution is 7.85. The molecule has 0 atom stereocenters. The monoisotopic (exact) mass is 263 g/mol. The summed E-state index contributed by atoms with van der Waals surface area (Å²) in [6, 6.07) is 9.49. The Bertz CT molecular complexity index is 369. The number of ether oxygens (including phenoxy) is 1. The molecule has 0 saturated heterocycles. The minimum Gasteiger partial charge on any atom is -0.468 e. The van der Waals surface area contributed by atoms with Gasteiger partial charge < -0.3 is 10.5 Å². The van der Waals surface area contributed by atoms with Gasteiger partial charge in [-0.2, -0.15) is 8.42 Å². The van der Waals surface area contributed by atoms with E-state index in [1.165, 1.54) is 0 Å². The first-order valence-corrected chi connectivity index (χ1v) is 6.44. The zero-order chi connectivity index (χ0) is 13.7. The molecule has 0 fully saturated rings. The number of hydrogen-bond donors (Lipinski definition) is 2. The summed E-state index contributed by atoms with van der Waals surface area (Å²) in [5.74, 6) is 0. The lowest BCUT2D eigenvalue weighted by Crippen LogP contribution is -1.88. The van der Waals surface area contributed by atoms with E-state index in [1.54, 1.807) is 6.92 Å². The fourth-order valence-electron chi connectivity index (χ4n) is 0.521. The van der Waals surface area contributed by atoms with Crippen molar-refractivity contribution in [3.05, 3.63) is 30.3 Å². The van der Waals surface area contributed by atoms with Gasteiger partial charge in [0.05, 0.1) is 12.9 Å². The van der Waals surface area contributed by atoms with Gasteiger partial charge in [-0.15, -0.1) is 0 Å². The molecule has 98 valence electrons. The molecule has 3 N–H and O–H groups in total. The summed E-state index contributed by atoms with van der Waals surface area (Å²) in [5.41, 5.74) is 6.18. The van der Waals surface area contributed by atoms with Gasteiger partial charge in [-0.3, -0.25) is 9.35 Å². The van der Waals surface area contributed by atoms with E-state index in [9.17, 15) is 13.2 Å². The summed E-state index contributed by atoms with van der Waals surface area (Å²) in [7, 11) is -3.67. The highest BCUT2D eigenvalue weighted by atomic mass is 32.2. The largest absolute Gasteiger partial charge is 0.468 e. The van der Waals surface area contributed by atoms with Crippen LogP contribution in [0, 0.1) is 0 Å². The van der Waals surface area contributed by atoms with Crippen molar-refractivity contribution in [1.82, 2.24) is 0 Å². The Hall–Kier alpha value is -1.60. The van der Waals surface area contributed by atoms with Crippen LogP contribution in [0.4, 0.5) is 5.69 Å². The van der Waals surface area contributed by atoms with Gasteiger partial charge in [0.25, 0.3) is 16.6 Å². The van der Waals surface area contributed by atoms with Gasteiger partial charge >= 0.3 is 0 Å². The van der Waals surface area contributed by atoms with E-state index in [0.717, 1.165) is 5.69 Å². The summed E-state index contributed by atoms with van der Waals surface area (Å²) in [4.78, 5) is 9.18. The van der Waals surface area contributed by atoms with E-state index < -0.39 is 10.1 Å². The molecule has 0 aliphatic carbocycles. The smallest absolute Gasteiger partial charge is 0.293 e. The lowest BCUT2D eigenvalue weighted by Gasteiger charge is -1.83. The number of nitrogens with two attached hydrogens (primary N) is 1. The van der Waals surface area contributed by atoms with E-state index in [-0.39, 0.29) is 0 Å². The van der Waals surface area contributed by atoms with E-state index in [2.05, 4.69) is 4.74 Å². The molecule has 6 nitrogen and oxygen atoms in total. The van der Waals surface area contributed by atoms with Crippen molar-refractivity contribution in [2.24, 2.45) is 0 Å². The quantitative estimate of drug-likeness (QED) is 0.467. The third-order valence-corrected chi connectivity index (χ3v) is 1.03. The van der Waals surface area contributed by atoms with Crippen LogP contribution in [0.2, 0.25) is 0 Å². The van der Waals surface area contributed by atoms with Gasteiger partial charge in [0.1, 0.15) is 0 Å². The van der Waals surface area contributed by atoms with Crippen molar-refractivity contribution in [1.29, 1.82) is 0 Å². The number of anilines is 1. The molecule has 0 unspecified atom stereocenters. The van der Waals surface area contributed by atoms with Gasteiger partial charge in [-0.05, 0) is 19.1 Å². The van der Waals surface area contributed by atoms with Gasteiger partial charge in [0.2, 0.25) is 0 Å². The maximum Gasteiger partial charge on any atom is 0.293 e. The molecule has 0 saturated carbocycles. The van der Waals surface area contributed by atoms with Crippen LogP contribution in [0.1, 0.15) is 6.92 Å². The van der Waals surface area contributed by atoms with Gasteiger partial charge in [0, 0.05) is 5.69 Å². The lowest BCUT2D eigenvalue weighted by molar-refractivity contribution is -0.128. The maximum absolute atomic E-state index is 9.19. The Morgan fingerprint density at radius 2 is 1.76 bits per heavy atom. The van der Waals surface area contributed by atoms with E-state index in [4.69, 9.17) is 10.3 Å². The minimum atomic E-state index is -3.67. The number of nitrogen functional groups attached to an aromatic ring is 1. The van der Waals surface area contributed by atoms with Crippen LogP contribution in [0.15, 0.2) is 30.3 Å². The molecule has 0 radical (unpaired) electrons. The first-order valence-electron chi connectivity index (χ1n) is 4.59. The molecular formula is C10H17NO5S. The highest BCUT2D eigenvalue weighted by Gasteiger charge is 1.81. The van der Waals surface area contributed by atoms with Crippen molar-refractivity contribution in [3.8, 4) is 0 Å². The third-order valence-electron chi connectivity index (χ3n) is 1.03. The summed E-state index contributed by atoms with van der Waals surface area (Å²) in [6.45, 7) is 2.66. The zero-order valence-electron chi connectivity index (χ0n) is 9.74. The average Bonchev–Trinajstić information content (AvgIpc) is 2.18. The zero-order valence-corrected chi connectivity index (χ0v) is 10.6. The molecule has 0 amide bonds. The van der Waals surface area contributed by atoms with E-state index >= 15 is 0 Å². The van der Waals surface area contributed by atoms with E-state index in [0.29, 0.717) is 19.3 Å². The Kier molecular flexibility index (Phi) is 11.4. The predicted molar refractivity (Wildman–Crippen MR) is 66.0 cm³/mol. The second-order valence-electron chi connectivity index (χ2n) is 2.70. The summed E-state index contributed by atoms with van der Waals surface area (Å²) in [6.07, 6.45) is 0.715. The molecule has 0 aliphatic heterocycles. The number of hydrogen-bond acceptors (Lipinski definition) is 5. The summed E-state index contributed by atoms with van der Waals surface area (Å²) in [5, 5.41) is 0. The number of para-hydroxylation sites is 1. The first-order chi connectivity index (χ1) is 7.81. The van der Waals surface area contributed by atoms with Crippen molar-refractivity contribution in [3.63, 3.8) is 0 Å². The highest BCUT2D eigenvalue weighted by Crippen LogP contribution is 1.95. The normalized spacial score (nSPS) is 8.88. The standard InChI is InChI=1S/C6H7N.C3H6O2.CH4O3S/c7-6-4-2-1-3-5-6;1-2-5-3-4;1-5(2,3)4/h1-5H,7H2;3H,2H2,1H3;1H3,(H,2,3,4). The lowest BCUT2D eigenvalue weighted by atomic mass is 10.3. The van der Waals surface area contributed by atoms with Crippen LogP contribution >= 0.6 is 0 Å². The summed E-state index contributed by atoms with van der Waals surface area (Å²) >= 11 is 0. The maximum atomic E-state index is 9.19. The SMILES string of the molecule is CCOC=O.CS(=O)(=O)O.Nc1ccccc1. The molecule has 0 spiro atoms. The van der Waals surface area contributed by atoms with E-state index in [1.807, 2.05) is 30.3 Å². The third kappa shape index (κ3) is 31.4. The van der Waals surface area contributed by atoms with Crippen molar-refractivity contribution in [2.75, 3.05) is 18.6 Å². The molecule has 17 heavy (non-hydrogen) atoms. The summed E-state index contributed by atoms with van der Waals surface area (Å²) < 4.78 is 30.0. The number of rotatable bonds is 2. The molecule has 1 rings (SSSR count). The molecule has 7 heteroatoms. The van der Waals surface area contributed by atoms with Crippen LogP contribution in [0.3, 0.4) is 0 Å². The van der Waals surface area contributed by atoms with Crippen molar-refractivity contribution >= 4 is 22.3 Å². The number of carbonyl (C=O) groups is 1. The number of benzene rings is 1. The molecule has 0 aliphatic rings. The molecule has 1 aromatic rings. The van der Waals surface area contributed by atoms with Crippen LogP contribution in [-0.2, 0) is 19.6 Å². The Labute approximate surface area is 101 Å². The second kappa shape index (κ2) is 10.9. The fourth-order valence-corrected chi connectivity index (χ4v) is 0.521. The molecule has 0 heterocycles. The molecule has 1 aromatic carbocycles. The van der Waals surface area contributed by atoms with Crippen LogP contribution in [-0.4, -0.2) is 32.3 Å². The topological polar surface area (TPSA) is 107 Å². The average molecular weight is 263 g/mol. The number of carbonyl (C=O) groups excluding carboxylic acids is 1. The van der Waals surface area contributed by atoms with Crippen molar-refractivity contribution in [2.45, 2.75) is 6.92 Å². The predicted octanol–water partition coefficient (Wildman–Crippen LogP) is 0.952. The molecule has 0 bridgehead atoms. The Balaban J connectivity index is 0.